The molecule has 98 valence electrons. The van der Waals surface area contributed by atoms with Crippen molar-refractivity contribution in [3.8, 4) is 0 Å². The van der Waals surface area contributed by atoms with Gasteiger partial charge in [-0.05, 0) is 31.2 Å². The van der Waals surface area contributed by atoms with Crippen LogP contribution in [0.5, 0.6) is 0 Å². The van der Waals surface area contributed by atoms with Gasteiger partial charge >= 0.3 is 0 Å². The topological polar surface area (TPSA) is 50.2 Å². The fraction of sp³-hybridized carbons (Fsp3) is 0.0625. The Balaban J connectivity index is 1.86. The molecule has 0 aliphatic rings. The zero-order valence-corrected chi connectivity index (χ0v) is 11.1. The molecule has 0 radical (unpaired) electrons. The van der Waals surface area contributed by atoms with E-state index in [4.69, 9.17) is 0 Å². The number of aromatic nitrogens is 2. The van der Waals surface area contributed by atoms with Crippen LogP contribution in [0.25, 0.3) is 11.0 Å². The van der Waals surface area contributed by atoms with Crippen LogP contribution in [0.2, 0.25) is 0 Å². The number of nitrogens with zero attached hydrogens (tertiary/aromatic N) is 3. The second-order valence-electron chi connectivity index (χ2n) is 4.42. The molecule has 3 aromatic rings. The van der Waals surface area contributed by atoms with Gasteiger partial charge < -0.3 is 0 Å². The Kier molecular flexibility index (Phi) is 3.37. The molecule has 0 fully saturated rings. The van der Waals surface area contributed by atoms with E-state index in [0.717, 1.165) is 28.1 Å². The highest BCUT2D eigenvalue weighted by Crippen LogP contribution is 2.10. The second kappa shape index (κ2) is 5.48. The number of para-hydroxylation sites is 3. The van der Waals surface area contributed by atoms with Crippen LogP contribution in [-0.4, -0.2) is 15.7 Å². The standard InChI is InChI=1S/C16H14N4/c1-12(19-20-13-7-3-2-4-8-13)16-11-17-14-9-5-6-10-15(14)18-16/h2-11,20H,1H3. The van der Waals surface area contributed by atoms with Gasteiger partial charge in [0.05, 0.1) is 28.6 Å². The summed E-state index contributed by atoms with van der Waals surface area (Å²) < 4.78 is 0. The Bertz CT molecular complexity index is 751. The van der Waals surface area contributed by atoms with E-state index in [2.05, 4.69) is 20.5 Å². The molecule has 0 aliphatic heterocycles. The average Bonchev–Trinajstić information content (AvgIpc) is 2.53. The Morgan fingerprint density at radius 1 is 0.950 bits per heavy atom. The first-order valence-corrected chi connectivity index (χ1v) is 6.40. The average molecular weight is 262 g/mol. The predicted molar refractivity (Wildman–Crippen MR) is 81.8 cm³/mol. The van der Waals surface area contributed by atoms with E-state index in [1.807, 2.05) is 61.5 Å². The summed E-state index contributed by atoms with van der Waals surface area (Å²) in [6.07, 6.45) is 1.74. The molecule has 1 N–H and O–H groups in total. The largest absolute Gasteiger partial charge is 0.278 e. The maximum Gasteiger partial charge on any atom is 0.105 e. The molecule has 2 aromatic carbocycles. The van der Waals surface area contributed by atoms with E-state index in [9.17, 15) is 0 Å². The van der Waals surface area contributed by atoms with E-state index < -0.39 is 0 Å². The molecule has 4 nitrogen and oxygen atoms in total. The molecule has 0 aliphatic carbocycles. The zero-order valence-electron chi connectivity index (χ0n) is 11.1. The Hall–Kier alpha value is -2.75. The highest BCUT2D eigenvalue weighted by atomic mass is 15.3. The maximum absolute atomic E-state index is 4.55. The van der Waals surface area contributed by atoms with Crippen LogP contribution in [0.15, 0.2) is 65.9 Å². The quantitative estimate of drug-likeness (QED) is 0.581. The van der Waals surface area contributed by atoms with Crippen LogP contribution in [-0.2, 0) is 0 Å². The van der Waals surface area contributed by atoms with Crippen LogP contribution in [0.4, 0.5) is 5.69 Å². The van der Waals surface area contributed by atoms with Gasteiger partial charge in [-0.3, -0.25) is 10.4 Å². The fourth-order valence-electron chi connectivity index (χ4n) is 1.85. The summed E-state index contributed by atoms with van der Waals surface area (Å²) in [6, 6.07) is 17.6. The van der Waals surface area contributed by atoms with Crippen LogP contribution in [0, 0.1) is 0 Å². The van der Waals surface area contributed by atoms with Gasteiger partial charge in [-0.1, -0.05) is 30.3 Å². The predicted octanol–water partition coefficient (Wildman–Crippen LogP) is 3.47. The summed E-state index contributed by atoms with van der Waals surface area (Å²) >= 11 is 0. The summed E-state index contributed by atoms with van der Waals surface area (Å²) in [4.78, 5) is 8.94. The summed E-state index contributed by atoms with van der Waals surface area (Å²) in [6.45, 7) is 1.91. The molecule has 1 heterocycles. The monoisotopic (exact) mass is 262 g/mol. The molecule has 0 saturated carbocycles. The summed E-state index contributed by atoms with van der Waals surface area (Å²) in [7, 11) is 0. The van der Waals surface area contributed by atoms with Gasteiger partial charge in [-0.15, -0.1) is 0 Å². The molecule has 0 amide bonds. The molecule has 0 atom stereocenters. The second-order valence-corrected chi connectivity index (χ2v) is 4.42. The maximum atomic E-state index is 4.55. The molecular formula is C16H14N4. The first-order chi connectivity index (χ1) is 9.83. The zero-order chi connectivity index (χ0) is 13.8. The SMILES string of the molecule is CC(=NNc1ccccc1)c1cnc2ccccc2n1. The number of hydrogen-bond donors (Lipinski definition) is 1. The van der Waals surface area contributed by atoms with Gasteiger partial charge in [0.2, 0.25) is 0 Å². The van der Waals surface area contributed by atoms with E-state index in [0.29, 0.717) is 0 Å². The smallest absolute Gasteiger partial charge is 0.105 e. The number of fused-ring (bicyclic) bond motifs is 1. The third-order valence-corrected chi connectivity index (χ3v) is 2.95. The Labute approximate surface area is 117 Å². The lowest BCUT2D eigenvalue weighted by Crippen LogP contribution is -2.03. The normalized spacial score (nSPS) is 11.6. The molecule has 20 heavy (non-hydrogen) atoms. The van der Waals surface area contributed by atoms with E-state index in [1.165, 1.54) is 0 Å². The summed E-state index contributed by atoms with van der Waals surface area (Å²) in [5, 5.41) is 4.34. The minimum Gasteiger partial charge on any atom is -0.278 e. The van der Waals surface area contributed by atoms with Crippen molar-refractivity contribution in [2.45, 2.75) is 6.92 Å². The number of benzene rings is 2. The molecule has 0 saturated heterocycles. The molecule has 0 unspecified atom stereocenters. The Morgan fingerprint density at radius 2 is 1.65 bits per heavy atom. The van der Waals surface area contributed by atoms with Crippen molar-refractivity contribution in [2.75, 3.05) is 5.43 Å². The minimum atomic E-state index is 0.770. The van der Waals surface area contributed by atoms with Crippen molar-refractivity contribution in [1.82, 2.24) is 9.97 Å². The van der Waals surface area contributed by atoms with Crippen LogP contribution in [0.1, 0.15) is 12.6 Å². The van der Waals surface area contributed by atoms with E-state index in [-0.39, 0.29) is 0 Å². The van der Waals surface area contributed by atoms with Gasteiger partial charge in [0.1, 0.15) is 5.69 Å². The molecule has 0 spiro atoms. The lowest BCUT2D eigenvalue weighted by atomic mass is 10.2. The number of hydrogen-bond acceptors (Lipinski definition) is 4. The number of hydrazone groups is 1. The van der Waals surface area contributed by atoms with Crippen molar-refractivity contribution in [2.24, 2.45) is 5.10 Å². The van der Waals surface area contributed by atoms with Crippen molar-refractivity contribution in [1.29, 1.82) is 0 Å². The third-order valence-electron chi connectivity index (χ3n) is 2.95. The number of nitrogens with one attached hydrogen (secondary N) is 1. The first kappa shape index (κ1) is 12.3. The molecular weight excluding hydrogens is 248 g/mol. The molecule has 4 heteroatoms. The van der Waals surface area contributed by atoms with Crippen LogP contribution in [0.3, 0.4) is 0 Å². The van der Waals surface area contributed by atoms with Crippen molar-refractivity contribution in [3.05, 3.63) is 66.5 Å². The van der Waals surface area contributed by atoms with Crippen LogP contribution >= 0.6 is 0 Å². The lowest BCUT2D eigenvalue weighted by molar-refractivity contribution is 1.23. The van der Waals surface area contributed by atoms with Crippen molar-refractivity contribution < 1.29 is 0 Å². The third kappa shape index (κ3) is 2.64. The van der Waals surface area contributed by atoms with E-state index >= 15 is 0 Å². The van der Waals surface area contributed by atoms with Gasteiger partial charge in [0.15, 0.2) is 0 Å². The lowest BCUT2D eigenvalue weighted by Gasteiger charge is -2.03. The van der Waals surface area contributed by atoms with Crippen molar-refractivity contribution >= 4 is 22.4 Å². The van der Waals surface area contributed by atoms with Crippen molar-refractivity contribution in [3.63, 3.8) is 0 Å². The molecule has 0 bridgehead atoms. The highest BCUT2D eigenvalue weighted by molar-refractivity contribution is 5.98. The number of rotatable bonds is 3. The Morgan fingerprint density at radius 3 is 2.45 bits per heavy atom. The number of anilines is 1. The highest BCUT2D eigenvalue weighted by Gasteiger charge is 2.02. The summed E-state index contributed by atoms with van der Waals surface area (Å²) in [5.74, 6) is 0. The van der Waals surface area contributed by atoms with E-state index in [1.54, 1.807) is 6.20 Å². The fourth-order valence-corrected chi connectivity index (χ4v) is 1.85. The summed E-state index contributed by atoms with van der Waals surface area (Å²) in [5.41, 5.74) is 7.29. The van der Waals surface area contributed by atoms with Gasteiger partial charge in [-0.2, -0.15) is 5.10 Å². The van der Waals surface area contributed by atoms with Gasteiger partial charge in [0.25, 0.3) is 0 Å². The van der Waals surface area contributed by atoms with Crippen LogP contribution < -0.4 is 5.43 Å². The molecule has 3 rings (SSSR count). The van der Waals surface area contributed by atoms with Gasteiger partial charge in [0, 0.05) is 0 Å². The first-order valence-electron chi connectivity index (χ1n) is 6.40. The van der Waals surface area contributed by atoms with Gasteiger partial charge in [-0.25, -0.2) is 4.98 Å². The minimum absolute atomic E-state index is 0.770. The molecule has 1 aromatic heterocycles.